The first-order valence-electron chi connectivity index (χ1n) is 7.74. The van der Waals surface area contributed by atoms with Gasteiger partial charge in [0, 0.05) is 5.57 Å². The molecule has 2 aliphatic rings. The van der Waals surface area contributed by atoms with Crippen molar-refractivity contribution in [3.05, 3.63) is 71.4 Å². The number of rotatable bonds is 5. The summed E-state index contributed by atoms with van der Waals surface area (Å²) in [5.74, 6) is 0. The molecule has 0 bridgehead atoms. The van der Waals surface area contributed by atoms with Gasteiger partial charge in [0.25, 0.3) is 0 Å². The summed E-state index contributed by atoms with van der Waals surface area (Å²) in [6, 6.07) is 0. The van der Waals surface area contributed by atoms with Crippen LogP contribution < -0.4 is 0 Å². The molecule has 0 fully saturated rings. The molecule has 110 valence electrons. The number of hydrogen-bond donors (Lipinski definition) is 0. The molecule has 0 saturated heterocycles. The molecule has 1 heteroatoms. The van der Waals surface area contributed by atoms with Crippen molar-refractivity contribution < 1.29 is 0 Å². The predicted octanol–water partition coefficient (Wildman–Crippen LogP) is 5.50. The average molecular weight is 279 g/mol. The second-order valence-electron chi connectivity index (χ2n) is 5.78. The lowest BCUT2D eigenvalue weighted by molar-refractivity contribution is 0.687. The van der Waals surface area contributed by atoms with Gasteiger partial charge in [0.2, 0.25) is 0 Å². The van der Waals surface area contributed by atoms with E-state index in [1.807, 2.05) is 18.2 Å². The minimum absolute atomic E-state index is 0.889. The first-order chi connectivity index (χ1) is 10.2. The van der Waals surface area contributed by atoms with Gasteiger partial charge in [0.05, 0.1) is 12.3 Å². The Morgan fingerprint density at radius 2 is 1.86 bits per heavy atom. The third-order valence-electron chi connectivity index (χ3n) is 4.06. The quantitative estimate of drug-likeness (QED) is 0.589. The fourth-order valence-corrected chi connectivity index (χ4v) is 3.05. The van der Waals surface area contributed by atoms with Crippen molar-refractivity contribution in [3.8, 4) is 0 Å². The van der Waals surface area contributed by atoms with Gasteiger partial charge < -0.3 is 0 Å². The van der Waals surface area contributed by atoms with Crippen LogP contribution in [0, 0.1) is 0 Å². The van der Waals surface area contributed by atoms with Crippen LogP contribution in [0.5, 0.6) is 0 Å². The van der Waals surface area contributed by atoms with E-state index < -0.39 is 0 Å². The molecule has 21 heavy (non-hydrogen) atoms. The van der Waals surface area contributed by atoms with Crippen LogP contribution in [-0.4, -0.2) is 12.3 Å². The van der Waals surface area contributed by atoms with Crippen molar-refractivity contribution in [3.63, 3.8) is 0 Å². The van der Waals surface area contributed by atoms with E-state index in [-0.39, 0.29) is 0 Å². The topological polar surface area (TPSA) is 12.4 Å². The Kier molecular flexibility index (Phi) is 5.32. The van der Waals surface area contributed by atoms with E-state index in [1.54, 1.807) is 5.57 Å². The smallest absolute Gasteiger partial charge is 0.0688 e. The molecule has 0 spiro atoms. The largest absolute Gasteiger partial charge is 0.280 e. The van der Waals surface area contributed by atoms with E-state index in [1.165, 1.54) is 53.7 Å². The summed E-state index contributed by atoms with van der Waals surface area (Å²) >= 11 is 0. The maximum absolute atomic E-state index is 4.84. The molecule has 0 N–H and O–H groups in total. The number of nitrogens with zero attached hydrogens (tertiary/aromatic N) is 1. The van der Waals surface area contributed by atoms with Gasteiger partial charge in [-0.3, -0.25) is 4.99 Å². The highest BCUT2D eigenvalue weighted by Crippen LogP contribution is 2.34. The molecule has 0 unspecified atom stereocenters. The van der Waals surface area contributed by atoms with Crippen LogP contribution >= 0.6 is 0 Å². The van der Waals surface area contributed by atoms with Crippen molar-refractivity contribution in [2.75, 3.05) is 6.54 Å². The molecule has 1 heterocycles. The molecule has 1 aliphatic carbocycles. The summed E-state index contributed by atoms with van der Waals surface area (Å²) in [5.41, 5.74) is 7.94. The fourth-order valence-electron chi connectivity index (χ4n) is 3.05. The highest BCUT2D eigenvalue weighted by atomic mass is 14.8. The third-order valence-corrected chi connectivity index (χ3v) is 4.06. The van der Waals surface area contributed by atoms with Gasteiger partial charge in [-0.25, -0.2) is 0 Å². The Morgan fingerprint density at radius 3 is 2.52 bits per heavy atom. The molecule has 0 aromatic carbocycles. The molecule has 1 nitrogen and oxygen atoms in total. The van der Waals surface area contributed by atoms with Crippen LogP contribution in [0.3, 0.4) is 0 Å². The van der Waals surface area contributed by atoms with Crippen LogP contribution in [0.15, 0.2) is 76.4 Å². The van der Waals surface area contributed by atoms with Crippen LogP contribution in [-0.2, 0) is 0 Å². The Hall–Kier alpha value is -1.89. The van der Waals surface area contributed by atoms with Gasteiger partial charge in [-0.2, -0.15) is 0 Å². The lowest BCUT2D eigenvalue weighted by Gasteiger charge is -2.18. The maximum atomic E-state index is 4.84. The van der Waals surface area contributed by atoms with E-state index in [9.17, 15) is 0 Å². The predicted molar refractivity (Wildman–Crippen MR) is 93.8 cm³/mol. The molecule has 1 aliphatic heterocycles. The molecule has 2 rings (SSSR count). The Bertz CT molecular complexity index is 587. The highest BCUT2D eigenvalue weighted by molar-refractivity contribution is 6.17. The van der Waals surface area contributed by atoms with Crippen molar-refractivity contribution >= 4 is 5.71 Å². The SMILES string of the molecule is C=C/C=C\C(=C(C)C)/C(=C\C=C)C1=NCC2=C1CCCC2. The average Bonchev–Trinajstić information content (AvgIpc) is 2.90. The summed E-state index contributed by atoms with van der Waals surface area (Å²) in [6.07, 6.45) is 14.9. The van der Waals surface area contributed by atoms with Gasteiger partial charge >= 0.3 is 0 Å². The second-order valence-corrected chi connectivity index (χ2v) is 5.78. The summed E-state index contributed by atoms with van der Waals surface area (Å²) in [7, 11) is 0. The van der Waals surface area contributed by atoms with E-state index in [2.05, 4.69) is 39.2 Å². The summed E-state index contributed by atoms with van der Waals surface area (Å²) in [6.45, 7) is 12.8. The second kappa shape index (κ2) is 7.21. The number of allylic oxidation sites excluding steroid dienone is 9. The molecule has 0 aromatic heterocycles. The highest BCUT2D eigenvalue weighted by Gasteiger charge is 2.25. The van der Waals surface area contributed by atoms with Crippen molar-refractivity contribution in [1.29, 1.82) is 0 Å². The van der Waals surface area contributed by atoms with Crippen LogP contribution in [0.2, 0.25) is 0 Å². The molecule has 0 aromatic rings. The lowest BCUT2D eigenvalue weighted by atomic mass is 9.85. The summed E-state index contributed by atoms with van der Waals surface area (Å²) < 4.78 is 0. The zero-order valence-corrected chi connectivity index (χ0v) is 13.3. The van der Waals surface area contributed by atoms with Gasteiger partial charge in [-0.1, -0.05) is 49.1 Å². The first-order valence-corrected chi connectivity index (χ1v) is 7.74. The minimum Gasteiger partial charge on any atom is -0.280 e. The molecule has 0 saturated carbocycles. The van der Waals surface area contributed by atoms with Crippen molar-refractivity contribution in [2.24, 2.45) is 4.99 Å². The van der Waals surface area contributed by atoms with Crippen LogP contribution in [0.1, 0.15) is 39.5 Å². The first kappa shape index (κ1) is 15.5. The molecule has 0 atom stereocenters. The van der Waals surface area contributed by atoms with Crippen molar-refractivity contribution in [2.45, 2.75) is 39.5 Å². The Labute approximate surface area is 128 Å². The molecular formula is C20H25N. The van der Waals surface area contributed by atoms with E-state index >= 15 is 0 Å². The van der Waals surface area contributed by atoms with Gasteiger partial charge in [0.1, 0.15) is 0 Å². The van der Waals surface area contributed by atoms with E-state index in [0.29, 0.717) is 0 Å². The number of aliphatic imine (C=N–C) groups is 1. The maximum Gasteiger partial charge on any atom is 0.0688 e. The lowest BCUT2D eigenvalue weighted by Crippen LogP contribution is -2.10. The van der Waals surface area contributed by atoms with Crippen molar-refractivity contribution in [1.82, 2.24) is 0 Å². The van der Waals surface area contributed by atoms with E-state index in [4.69, 9.17) is 4.99 Å². The zero-order chi connectivity index (χ0) is 15.2. The van der Waals surface area contributed by atoms with E-state index in [0.717, 1.165) is 6.54 Å². The van der Waals surface area contributed by atoms with Gasteiger partial charge in [-0.05, 0) is 56.3 Å². The molecule has 0 radical (unpaired) electrons. The molecular weight excluding hydrogens is 254 g/mol. The van der Waals surface area contributed by atoms with Crippen LogP contribution in [0.4, 0.5) is 0 Å². The number of hydrogen-bond acceptors (Lipinski definition) is 1. The monoisotopic (exact) mass is 279 g/mol. The van der Waals surface area contributed by atoms with Crippen LogP contribution in [0.25, 0.3) is 0 Å². The zero-order valence-electron chi connectivity index (χ0n) is 13.3. The minimum atomic E-state index is 0.889. The standard InChI is InChI=1S/C20H25N/c1-5-7-12-17(15(3)4)19(10-6-2)20-18-13-9-8-11-16(18)14-21-20/h5-7,10,12H,1-2,8-9,11,13-14H2,3-4H3/b12-7-,19-10+. The Morgan fingerprint density at radius 1 is 1.10 bits per heavy atom. The Balaban J connectivity index is 2.45. The molecule has 0 amide bonds. The normalized spacial score (nSPS) is 18.6. The van der Waals surface area contributed by atoms with Gasteiger partial charge in [-0.15, -0.1) is 0 Å². The van der Waals surface area contributed by atoms with Gasteiger partial charge in [0.15, 0.2) is 0 Å². The fraction of sp³-hybridized carbons (Fsp3) is 0.350. The summed E-state index contributed by atoms with van der Waals surface area (Å²) in [4.78, 5) is 4.84. The third kappa shape index (κ3) is 3.41. The summed E-state index contributed by atoms with van der Waals surface area (Å²) in [5, 5.41) is 0.